The van der Waals surface area contributed by atoms with E-state index in [0.29, 0.717) is 18.2 Å². The fourth-order valence-electron chi connectivity index (χ4n) is 1.32. The van der Waals surface area contributed by atoms with E-state index < -0.39 is 0 Å². The first kappa shape index (κ1) is 11.6. The Morgan fingerprint density at radius 3 is 2.88 bits per heavy atom. The molecule has 0 radical (unpaired) electrons. The lowest BCUT2D eigenvalue weighted by Crippen LogP contribution is -2.04. The summed E-state index contributed by atoms with van der Waals surface area (Å²) in [7, 11) is 0. The topological polar surface area (TPSA) is 61.6 Å². The normalized spacial score (nSPS) is 9.65. The number of rotatable bonds is 3. The van der Waals surface area contributed by atoms with Crippen molar-refractivity contribution < 1.29 is 0 Å². The molecule has 0 aliphatic heterocycles. The Bertz CT molecular complexity index is 562. The third-order valence-corrected chi connectivity index (χ3v) is 2.94. The van der Waals surface area contributed by atoms with Crippen LogP contribution in [0.2, 0.25) is 0 Å². The number of halogens is 1. The molecule has 17 heavy (non-hydrogen) atoms. The maximum absolute atomic E-state index is 8.72. The van der Waals surface area contributed by atoms with E-state index in [4.69, 9.17) is 5.26 Å². The largest absolute Gasteiger partial charge is 0.350 e. The average Bonchev–Trinajstić information content (AvgIpc) is 2.38. The second-order valence-electron chi connectivity index (χ2n) is 3.32. The van der Waals surface area contributed by atoms with Gasteiger partial charge in [0.15, 0.2) is 0 Å². The molecule has 1 N–H and O–H groups in total. The maximum atomic E-state index is 8.72. The van der Waals surface area contributed by atoms with Crippen LogP contribution in [0.5, 0.6) is 0 Å². The molecule has 0 atom stereocenters. The van der Waals surface area contributed by atoms with E-state index in [1.165, 1.54) is 0 Å². The predicted molar refractivity (Wildman–Crippen MR) is 68.2 cm³/mol. The molecule has 0 bridgehead atoms. The third-order valence-electron chi connectivity index (χ3n) is 2.16. The van der Waals surface area contributed by atoms with Gasteiger partial charge in [0.2, 0.25) is 5.95 Å². The lowest BCUT2D eigenvalue weighted by Gasteiger charge is -2.06. The van der Waals surface area contributed by atoms with Crippen molar-refractivity contribution >= 4 is 21.9 Å². The molecule has 2 aromatic rings. The molecule has 1 heterocycles. The van der Waals surface area contributed by atoms with Crippen LogP contribution in [0.4, 0.5) is 5.95 Å². The van der Waals surface area contributed by atoms with Crippen LogP contribution in [-0.4, -0.2) is 9.97 Å². The number of benzene rings is 1. The van der Waals surface area contributed by atoms with Crippen LogP contribution in [-0.2, 0) is 6.54 Å². The van der Waals surface area contributed by atoms with Gasteiger partial charge >= 0.3 is 0 Å². The molecule has 0 unspecified atom stereocenters. The Hall–Kier alpha value is -1.93. The lowest BCUT2D eigenvalue weighted by atomic mass is 10.2. The van der Waals surface area contributed by atoms with Gasteiger partial charge in [0, 0.05) is 17.2 Å². The number of nitrogens with one attached hydrogen (secondary N) is 1. The summed E-state index contributed by atoms with van der Waals surface area (Å²) < 4.78 is 1.03. The molecular formula is C12H9BrN4. The highest BCUT2D eigenvalue weighted by Crippen LogP contribution is 2.16. The summed E-state index contributed by atoms with van der Waals surface area (Å²) in [5, 5.41) is 11.8. The molecule has 0 aliphatic rings. The maximum Gasteiger partial charge on any atom is 0.224 e. The Morgan fingerprint density at radius 1 is 1.29 bits per heavy atom. The Balaban J connectivity index is 2.08. The highest BCUT2D eigenvalue weighted by atomic mass is 79.9. The van der Waals surface area contributed by atoms with Crippen molar-refractivity contribution in [3.05, 3.63) is 52.3 Å². The number of hydrogen-bond acceptors (Lipinski definition) is 4. The van der Waals surface area contributed by atoms with E-state index in [-0.39, 0.29) is 0 Å². The molecule has 2 rings (SSSR count). The molecule has 0 aliphatic carbocycles. The summed E-state index contributed by atoms with van der Waals surface area (Å²) in [5.74, 6) is 0.458. The fraction of sp³-hybridized carbons (Fsp3) is 0.0833. The van der Waals surface area contributed by atoms with Gasteiger partial charge in [0.25, 0.3) is 0 Å². The number of nitrogens with zero attached hydrogens (tertiary/aromatic N) is 3. The second-order valence-corrected chi connectivity index (χ2v) is 4.18. The van der Waals surface area contributed by atoms with Crippen LogP contribution >= 0.6 is 15.9 Å². The highest BCUT2D eigenvalue weighted by Gasteiger charge is 2.01. The zero-order chi connectivity index (χ0) is 12.1. The minimum atomic E-state index is 0.356. The van der Waals surface area contributed by atoms with Gasteiger partial charge in [0.1, 0.15) is 11.8 Å². The van der Waals surface area contributed by atoms with Gasteiger partial charge in [-0.3, -0.25) is 0 Å². The van der Waals surface area contributed by atoms with E-state index in [9.17, 15) is 0 Å². The monoisotopic (exact) mass is 288 g/mol. The highest BCUT2D eigenvalue weighted by molar-refractivity contribution is 9.10. The summed E-state index contributed by atoms with van der Waals surface area (Å²) in [4.78, 5) is 8.08. The standard InChI is InChI=1S/C12H9BrN4/c13-11-4-2-1-3-9(11)8-16-12-15-6-5-10(7-14)17-12/h1-6H,8H2,(H,15,16,17). The quantitative estimate of drug-likeness (QED) is 0.943. The summed E-state index contributed by atoms with van der Waals surface area (Å²) in [6.07, 6.45) is 1.56. The minimum absolute atomic E-state index is 0.356. The molecule has 0 amide bonds. The molecule has 1 aromatic carbocycles. The molecule has 0 fully saturated rings. The van der Waals surface area contributed by atoms with Crippen LogP contribution in [0.25, 0.3) is 0 Å². The number of anilines is 1. The third kappa shape index (κ3) is 3.02. The SMILES string of the molecule is N#Cc1ccnc(NCc2ccccc2Br)n1. The molecule has 1 aromatic heterocycles. The first-order valence-electron chi connectivity index (χ1n) is 5.00. The minimum Gasteiger partial charge on any atom is -0.350 e. The van der Waals surface area contributed by atoms with Crippen molar-refractivity contribution in [1.29, 1.82) is 5.26 Å². The van der Waals surface area contributed by atoms with E-state index >= 15 is 0 Å². The first-order valence-corrected chi connectivity index (χ1v) is 5.79. The van der Waals surface area contributed by atoms with E-state index in [0.717, 1.165) is 10.0 Å². The molecule has 4 nitrogen and oxygen atoms in total. The summed E-state index contributed by atoms with van der Waals surface area (Å²) >= 11 is 3.46. The fourth-order valence-corrected chi connectivity index (χ4v) is 1.75. The average molecular weight is 289 g/mol. The van der Waals surface area contributed by atoms with E-state index in [2.05, 4.69) is 31.2 Å². The van der Waals surface area contributed by atoms with Gasteiger partial charge in [-0.05, 0) is 17.7 Å². The molecule has 0 saturated heterocycles. The van der Waals surface area contributed by atoms with Crippen molar-refractivity contribution in [2.45, 2.75) is 6.54 Å². The van der Waals surface area contributed by atoms with Crippen LogP contribution in [0.15, 0.2) is 41.0 Å². The van der Waals surface area contributed by atoms with Crippen molar-refractivity contribution in [3.63, 3.8) is 0 Å². The summed E-state index contributed by atoms with van der Waals surface area (Å²) in [6, 6.07) is 11.5. The number of aromatic nitrogens is 2. The van der Waals surface area contributed by atoms with Crippen molar-refractivity contribution in [2.75, 3.05) is 5.32 Å². The van der Waals surface area contributed by atoms with Gasteiger partial charge in [-0.2, -0.15) is 5.26 Å². The van der Waals surface area contributed by atoms with Gasteiger partial charge in [0.05, 0.1) is 0 Å². The predicted octanol–water partition coefficient (Wildman–Crippen LogP) is 2.72. The smallest absolute Gasteiger partial charge is 0.224 e. The van der Waals surface area contributed by atoms with Gasteiger partial charge in [-0.1, -0.05) is 34.1 Å². The van der Waals surface area contributed by atoms with Crippen molar-refractivity contribution in [3.8, 4) is 6.07 Å². The molecular weight excluding hydrogens is 280 g/mol. The molecule has 84 valence electrons. The first-order chi connectivity index (χ1) is 8.29. The second kappa shape index (κ2) is 5.41. The molecule has 5 heteroatoms. The van der Waals surface area contributed by atoms with Crippen molar-refractivity contribution in [2.24, 2.45) is 0 Å². The summed E-state index contributed by atoms with van der Waals surface area (Å²) in [6.45, 7) is 0.607. The van der Waals surface area contributed by atoms with Crippen LogP contribution in [0.3, 0.4) is 0 Å². The van der Waals surface area contributed by atoms with Crippen LogP contribution < -0.4 is 5.32 Å². The van der Waals surface area contributed by atoms with Gasteiger partial charge < -0.3 is 5.32 Å². The molecule has 0 spiro atoms. The van der Waals surface area contributed by atoms with E-state index in [1.807, 2.05) is 30.3 Å². The summed E-state index contributed by atoms with van der Waals surface area (Å²) in [5.41, 5.74) is 1.47. The van der Waals surface area contributed by atoms with E-state index in [1.54, 1.807) is 12.3 Å². The Morgan fingerprint density at radius 2 is 2.12 bits per heavy atom. The molecule has 0 saturated carbocycles. The van der Waals surface area contributed by atoms with Crippen LogP contribution in [0.1, 0.15) is 11.3 Å². The zero-order valence-electron chi connectivity index (χ0n) is 8.89. The Labute approximate surface area is 107 Å². The van der Waals surface area contributed by atoms with Gasteiger partial charge in [-0.25, -0.2) is 9.97 Å². The Kier molecular flexibility index (Phi) is 3.68. The number of nitriles is 1. The lowest BCUT2D eigenvalue weighted by molar-refractivity contribution is 1.04. The zero-order valence-corrected chi connectivity index (χ0v) is 10.5. The van der Waals surface area contributed by atoms with Crippen molar-refractivity contribution in [1.82, 2.24) is 9.97 Å². The van der Waals surface area contributed by atoms with Crippen LogP contribution in [0, 0.1) is 11.3 Å². The number of hydrogen-bond donors (Lipinski definition) is 1. The van der Waals surface area contributed by atoms with Gasteiger partial charge in [-0.15, -0.1) is 0 Å².